The molecule has 0 atom stereocenters. The molecule has 3 aromatic rings. The van der Waals surface area contributed by atoms with Crippen LogP contribution in [-0.4, -0.2) is 17.7 Å². The fraction of sp³-hybridized carbons (Fsp3) is 0.344. The molecule has 0 aromatic heterocycles. The molecule has 0 aliphatic heterocycles. The van der Waals surface area contributed by atoms with Crippen LogP contribution in [-0.2, 0) is 29.0 Å². The molecule has 3 aromatic carbocycles. The lowest BCUT2D eigenvalue weighted by molar-refractivity contribution is -0.140. The Labute approximate surface area is 210 Å². The number of hydrogen-bond donors (Lipinski definition) is 1. The van der Waals surface area contributed by atoms with Gasteiger partial charge in [0.05, 0.1) is 0 Å². The highest BCUT2D eigenvalue weighted by molar-refractivity contribution is 5.87. The predicted molar refractivity (Wildman–Crippen MR) is 145 cm³/mol. The minimum Gasteiger partial charge on any atom is -0.457 e. The number of benzene rings is 3. The van der Waals surface area contributed by atoms with E-state index >= 15 is 0 Å². The summed E-state index contributed by atoms with van der Waals surface area (Å²) in [5.41, 5.74) is 9.73. The van der Waals surface area contributed by atoms with Crippen molar-refractivity contribution in [3.8, 4) is 22.3 Å². The van der Waals surface area contributed by atoms with E-state index in [-0.39, 0.29) is 19.2 Å². The maximum atomic E-state index is 11.9. The Morgan fingerprint density at radius 3 is 2.23 bits per heavy atom. The van der Waals surface area contributed by atoms with Crippen LogP contribution in [0.25, 0.3) is 22.3 Å². The third-order valence-corrected chi connectivity index (χ3v) is 6.41. The molecule has 0 spiro atoms. The van der Waals surface area contributed by atoms with Gasteiger partial charge in [-0.3, -0.25) is 0 Å². The van der Waals surface area contributed by atoms with Gasteiger partial charge in [-0.05, 0) is 90.1 Å². The molecule has 0 heterocycles. The zero-order valence-corrected chi connectivity index (χ0v) is 21.4. The normalized spacial score (nSPS) is 10.9. The lowest BCUT2D eigenvalue weighted by Crippen LogP contribution is -2.07. The van der Waals surface area contributed by atoms with Gasteiger partial charge in [0.1, 0.15) is 6.61 Å². The van der Waals surface area contributed by atoms with Crippen molar-refractivity contribution in [3.05, 3.63) is 95.1 Å². The van der Waals surface area contributed by atoms with E-state index in [1.807, 2.05) is 0 Å². The molecule has 1 N–H and O–H groups in total. The van der Waals surface area contributed by atoms with E-state index in [2.05, 4.69) is 81.1 Å². The first-order valence-electron chi connectivity index (χ1n) is 12.7. The molecular formula is C32H38O3. The SMILES string of the molecule is C=C(C)C(=O)OCc1cc(-c2ccc(-c3ccc(CCCCC)cc3)cc2C)ccc1CCCO. The smallest absolute Gasteiger partial charge is 0.333 e. The van der Waals surface area contributed by atoms with Crippen LogP contribution in [0.1, 0.15) is 61.8 Å². The zero-order chi connectivity index (χ0) is 25.2. The second-order valence-electron chi connectivity index (χ2n) is 9.35. The fourth-order valence-corrected chi connectivity index (χ4v) is 4.32. The monoisotopic (exact) mass is 470 g/mol. The number of carbonyl (C=O) groups is 1. The predicted octanol–water partition coefficient (Wildman–Crippen LogP) is 7.61. The summed E-state index contributed by atoms with van der Waals surface area (Å²) in [5, 5.41) is 9.26. The maximum Gasteiger partial charge on any atom is 0.333 e. The highest BCUT2D eigenvalue weighted by Crippen LogP contribution is 2.31. The van der Waals surface area contributed by atoms with Crippen LogP contribution in [0.2, 0.25) is 0 Å². The summed E-state index contributed by atoms with van der Waals surface area (Å²) in [7, 11) is 0. The largest absolute Gasteiger partial charge is 0.457 e. The molecule has 35 heavy (non-hydrogen) atoms. The number of hydrogen-bond acceptors (Lipinski definition) is 3. The Bertz CT molecular complexity index is 1140. The van der Waals surface area contributed by atoms with Gasteiger partial charge in [-0.2, -0.15) is 0 Å². The molecule has 0 unspecified atom stereocenters. The molecule has 0 fully saturated rings. The molecule has 0 saturated heterocycles. The average Bonchev–Trinajstić information content (AvgIpc) is 2.86. The van der Waals surface area contributed by atoms with E-state index in [0.29, 0.717) is 12.0 Å². The molecule has 3 rings (SSSR count). The van der Waals surface area contributed by atoms with Gasteiger partial charge in [-0.1, -0.05) is 80.9 Å². The van der Waals surface area contributed by atoms with E-state index in [0.717, 1.165) is 35.1 Å². The highest BCUT2D eigenvalue weighted by atomic mass is 16.5. The number of rotatable bonds is 12. The minimum absolute atomic E-state index is 0.132. The van der Waals surface area contributed by atoms with Crippen LogP contribution >= 0.6 is 0 Å². The van der Waals surface area contributed by atoms with Gasteiger partial charge in [0, 0.05) is 12.2 Å². The van der Waals surface area contributed by atoms with Gasteiger partial charge in [0.15, 0.2) is 0 Å². The van der Waals surface area contributed by atoms with Crippen LogP contribution in [0.4, 0.5) is 0 Å². The number of esters is 1. The van der Waals surface area contributed by atoms with Gasteiger partial charge >= 0.3 is 5.97 Å². The van der Waals surface area contributed by atoms with E-state index < -0.39 is 0 Å². The average molecular weight is 471 g/mol. The van der Waals surface area contributed by atoms with Gasteiger partial charge in [-0.15, -0.1) is 0 Å². The second kappa shape index (κ2) is 13.1. The summed E-state index contributed by atoms with van der Waals surface area (Å²) < 4.78 is 5.45. The Kier molecular flexibility index (Phi) is 9.86. The lowest BCUT2D eigenvalue weighted by atomic mass is 9.92. The molecule has 0 radical (unpaired) electrons. The number of aliphatic hydroxyl groups excluding tert-OH is 1. The van der Waals surface area contributed by atoms with Crippen LogP contribution in [0, 0.1) is 6.92 Å². The summed E-state index contributed by atoms with van der Waals surface area (Å²) in [4.78, 5) is 11.9. The van der Waals surface area contributed by atoms with Crippen molar-refractivity contribution in [1.82, 2.24) is 0 Å². The molecule has 3 heteroatoms. The first-order valence-corrected chi connectivity index (χ1v) is 12.7. The van der Waals surface area contributed by atoms with Crippen molar-refractivity contribution in [3.63, 3.8) is 0 Å². The van der Waals surface area contributed by atoms with Gasteiger partial charge in [0.25, 0.3) is 0 Å². The van der Waals surface area contributed by atoms with Crippen molar-refractivity contribution < 1.29 is 14.6 Å². The number of aliphatic hydroxyl groups is 1. The van der Waals surface area contributed by atoms with E-state index in [4.69, 9.17) is 4.74 Å². The number of ether oxygens (including phenoxy) is 1. The van der Waals surface area contributed by atoms with Crippen molar-refractivity contribution in [2.75, 3.05) is 6.61 Å². The summed E-state index contributed by atoms with van der Waals surface area (Å²) in [6, 6.07) is 21.8. The molecule has 0 amide bonds. The molecule has 184 valence electrons. The Balaban J connectivity index is 1.83. The standard InChI is InChI=1S/C32H38O3/c1-5-6-7-9-25-11-13-27(14-12-25)28-17-18-31(24(4)20-28)29-16-15-26(10-8-19-33)30(21-29)22-35-32(34)23(2)3/h11-18,20-21,33H,2,5-10,19,22H2,1,3-4H3. The fourth-order valence-electron chi connectivity index (χ4n) is 4.32. The summed E-state index contributed by atoms with van der Waals surface area (Å²) in [5.74, 6) is -0.388. The van der Waals surface area contributed by atoms with Crippen molar-refractivity contribution in [2.24, 2.45) is 0 Å². The summed E-state index contributed by atoms with van der Waals surface area (Å²) in [6.45, 7) is 10.0. The summed E-state index contributed by atoms with van der Waals surface area (Å²) in [6.07, 6.45) is 6.33. The Morgan fingerprint density at radius 2 is 1.57 bits per heavy atom. The van der Waals surface area contributed by atoms with E-state index in [1.165, 1.54) is 41.5 Å². The van der Waals surface area contributed by atoms with Crippen molar-refractivity contribution >= 4 is 5.97 Å². The third-order valence-electron chi connectivity index (χ3n) is 6.41. The number of unbranched alkanes of at least 4 members (excludes halogenated alkanes) is 2. The summed E-state index contributed by atoms with van der Waals surface area (Å²) >= 11 is 0. The van der Waals surface area contributed by atoms with E-state index in [1.54, 1.807) is 6.92 Å². The Morgan fingerprint density at radius 1 is 0.857 bits per heavy atom. The molecule has 0 aliphatic carbocycles. The van der Waals surface area contributed by atoms with E-state index in [9.17, 15) is 9.90 Å². The molecular weight excluding hydrogens is 432 g/mol. The first kappa shape index (κ1) is 26.4. The number of aryl methyl sites for hydroxylation is 3. The minimum atomic E-state index is -0.388. The topological polar surface area (TPSA) is 46.5 Å². The van der Waals surface area contributed by atoms with Gasteiger partial charge in [0.2, 0.25) is 0 Å². The van der Waals surface area contributed by atoms with Crippen LogP contribution in [0.5, 0.6) is 0 Å². The van der Waals surface area contributed by atoms with Crippen molar-refractivity contribution in [2.45, 2.75) is 65.9 Å². The molecule has 3 nitrogen and oxygen atoms in total. The van der Waals surface area contributed by atoms with Crippen molar-refractivity contribution in [1.29, 1.82) is 0 Å². The number of carbonyl (C=O) groups excluding carboxylic acids is 1. The molecule has 0 saturated carbocycles. The molecule has 0 bridgehead atoms. The van der Waals surface area contributed by atoms with Gasteiger partial charge in [-0.25, -0.2) is 4.79 Å². The maximum absolute atomic E-state index is 11.9. The quantitative estimate of drug-likeness (QED) is 0.168. The molecule has 0 aliphatic rings. The van der Waals surface area contributed by atoms with Crippen LogP contribution in [0.15, 0.2) is 72.8 Å². The Hall–Kier alpha value is -3.17. The third kappa shape index (κ3) is 7.40. The van der Waals surface area contributed by atoms with Crippen LogP contribution in [0.3, 0.4) is 0 Å². The van der Waals surface area contributed by atoms with Gasteiger partial charge < -0.3 is 9.84 Å². The second-order valence-corrected chi connectivity index (χ2v) is 9.35. The lowest BCUT2D eigenvalue weighted by Gasteiger charge is -2.15. The van der Waals surface area contributed by atoms with Crippen LogP contribution < -0.4 is 0 Å². The first-order chi connectivity index (χ1) is 16.9. The highest BCUT2D eigenvalue weighted by Gasteiger charge is 2.11. The zero-order valence-electron chi connectivity index (χ0n) is 21.4.